The zero-order valence-corrected chi connectivity index (χ0v) is 12.2. The number of fused-ring (bicyclic) bond motifs is 1. The number of sulfone groups is 1. The third-order valence-electron chi connectivity index (χ3n) is 3.53. The molecule has 0 spiro atoms. The highest BCUT2D eigenvalue weighted by molar-refractivity contribution is 7.92. The smallest absolute Gasteiger partial charge is 0.304 e. The maximum Gasteiger partial charge on any atom is 0.304 e. The van der Waals surface area contributed by atoms with Gasteiger partial charge in [0.15, 0.2) is 0 Å². The fourth-order valence-corrected chi connectivity index (χ4v) is 4.91. The van der Waals surface area contributed by atoms with Gasteiger partial charge in [-0.1, -0.05) is 54.6 Å². The van der Waals surface area contributed by atoms with Gasteiger partial charge in [0.25, 0.3) is 0 Å². The SMILES string of the molecule is CC(=O)OC1c2ccccc2C(c2ccccc2)S1(=O)=O. The summed E-state index contributed by atoms with van der Waals surface area (Å²) < 4.78 is 30.7. The van der Waals surface area contributed by atoms with Crippen molar-refractivity contribution in [1.82, 2.24) is 0 Å². The lowest BCUT2D eigenvalue weighted by atomic mass is 10.00. The zero-order valence-electron chi connectivity index (χ0n) is 11.4. The maximum absolute atomic E-state index is 12.8. The van der Waals surface area contributed by atoms with Gasteiger partial charge in [0, 0.05) is 12.5 Å². The second kappa shape index (κ2) is 5.00. The van der Waals surface area contributed by atoms with Gasteiger partial charge < -0.3 is 4.74 Å². The summed E-state index contributed by atoms with van der Waals surface area (Å²) in [5.74, 6) is -0.605. The summed E-state index contributed by atoms with van der Waals surface area (Å²) in [6.45, 7) is 1.22. The molecule has 1 heterocycles. The van der Waals surface area contributed by atoms with Crippen molar-refractivity contribution in [3.63, 3.8) is 0 Å². The number of hydrogen-bond donors (Lipinski definition) is 0. The van der Waals surface area contributed by atoms with Crippen LogP contribution in [0.2, 0.25) is 0 Å². The Morgan fingerprint density at radius 2 is 1.52 bits per heavy atom. The molecule has 0 radical (unpaired) electrons. The molecule has 0 saturated heterocycles. The lowest BCUT2D eigenvalue weighted by Gasteiger charge is -2.14. The van der Waals surface area contributed by atoms with Crippen LogP contribution in [-0.4, -0.2) is 14.4 Å². The van der Waals surface area contributed by atoms with Crippen LogP contribution in [0, 0.1) is 0 Å². The Kier molecular flexibility index (Phi) is 3.29. The number of carbonyl (C=O) groups excluding carboxylic acids is 1. The van der Waals surface area contributed by atoms with E-state index in [-0.39, 0.29) is 0 Å². The lowest BCUT2D eigenvalue weighted by molar-refractivity contribution is -0.142. The Bertz CT molecular complexity index is 781. The topological polar surface area (TPSA) is 60.4 Å². The predicted molar refractivity (Wildman–Crippen MR) is 78.2 cm³/mol. The minimum Gasteiger partial charge on any atom is -0.441 e. The third kappa shape index (κ3) is 2.23. The van der Waals surface area contributed by atoms with E-state index in [1.54, 1.807) is 48.5 Å². The van der Waals surface area contributed by atoms with Crippen LogP contribution in [0.15, 0.2) is 54.6 Å². The summed E-state index contributed by atoms with van der Waals surface area (Å²) in [5, 5.41) is -0.792. The quantitative estimate of drug-likeness (QED) is 0.800. The third-order valence-corrected chi connectivity index (χ3v) is 5.66. The van der Waals surface area contributed by atoms with E-state index in [2.05, 4.69) is 0 Å². The van der Waals surface area contributed by atoms with Crippen molar-refractivity contribution in [3.8, 4) is 0 Å². The Balaban J connectivity index is 2.20. The van der Waals surface area contributed by atoms with Crippen molar-refractivity contribution < 1.29 is 17.9 Å². The van der Waals surface area contributed by atoms with Gasteiger partial charge >= 0.3 is 5.97 Å². The molecule has 2 unspecified atom stereocenters. The van der Waals surface area contributed by atoms with E-state index < -0.39 is 26.5 Å². The fraction of sp³-hybridized carbons (Fsp3) is 0.188. The van der Waals surface area contributed by atoms with Gasteiger partial charge in [0.2, 0.25) is 15.3 Å². The lowest BCUT2D eigenvalue weighted by Crippen LogP contribution is -2.17. The normalized spacial score (nSPS) is 22.5. The van der Waals surface area contributed by atoms with Crippen LogP contribution in [0.4, 0.5) is 0 Å². The molecule has 1 aliphatic heterocycles. The number of hydrogen-bond acceptors (Lipinski definition) is 4. The second-order valence-corrected chi connectivity index (χ2v) is 7.03. The standard InChI is InChI=1S/C16H14O4S/c1-11(17)20-16-14-10-6-5-9-13(14)15(21(16,18)19)12-7-3-2-4-8-12/h2-10,15-16H,1H3. The largest absolute Gasteiger partial charge is 0.441 e. The van der Waals surface area contributed by atoms with E-state index in [4.69, 9.17) is 4.74 Å². The summed E-state index contributed by atoms with van der Waals surface area (Å²) in [7, 11) is -3.68. The highest BCUT2D eigenvalue weighted by Crippen LogP contribution is 2.48. The van der Waals surface area contributed by atoms with Crippen molar-refractivity contribution in [2.24, 2.45) is 0 Å². The summed E-state index contributed by atoms with van der Waals surface area (Å²) in [4.78, 5) is 11.3. The van der Waals surface area contributed by atoms with E-state index >= 15 is 0 Å². The van der Waals surface area contributed by atoms with Gasteiger partial charge in [-0.25, -0.2) is 8.42 Å². The molecular formula is C16H14O4S. The Labute approximate surface area is 123 Å². The molecule has 1 aliphatic rings. The second-order valence-electron chi connectivity index (χ2n) is 4.95. The average Bonchev–Trinajstić information content (AvgIpc) is 2.67. The molecule has 0 aliphatic carbocycles. The van der Waals surface area contributed by atoms with E-state index in [0.717, 1.165) is 0 Å². The first kappa shape index (κ1) is 13.8. The summed E-state index contributed by atoms with van der Waals surface area (Å²) in [6.07, 6.45) is 0. The molecule has 0 N–H and O–H groups in total. The van der Waals surface area contributed by atoms with Crippen molar-refractivity contribution in [2.45, 2.75) is 17.6 Å². The highest BCUT2D eigenvalue weighted by atomic mass is 32.2. The van der Waals surface area contributed by atoms with Crippen LogP contribution in [0.25, 0.3) is 0 Å². The van der Waals surface area contributed by atoms with Crippen molar-refractivity contribution >= 4 is 15.8 Å². The molecule has 108 valence electrons. The molecule has 2 aromatic rings. The highest BCUT2D eigenvalue weighted by Gasteiger charge is 2.47. The first-order chi connectivity index (χ1) is 10.0. The number of carbonyl (C=O) groups is 1. The van der Waals surface area contributed by atoms with Crippen LogP contribution >= 0.6 is 0 Å². The van der Waals surface area contributed by atoms with E-state index in [1.165, 1.54) is 6.92 Å². The molecular weight excluding hydrogens is 288 g/mol. The van der Waals surface area contributed by atoms with Gasteiger partial charge in [0.05, 0.1) is 0 Å². The molecule has 0 bridgehead atoms. The summed E-state index contributed by atoms with van der Waals surface area (Å²) in [6, 6.07) is 16.0. The van der Waals surface area contributed by atoms with E-state index in [0.29, 0.717) is 16.7 Å². The first-order valence-corrected chi connectivity index (χ1v) is 8.16. The maximum atomic E-state index is 12.8. The van der Waals surface area contributed by atoms with Gasteiger partial charge in [0.1, 0.15) is 5.25 Å². The van der Waals surface area contributed by atoms with Gasteiger partial charge in [-0.3, -0.25) is 4.79 Å². The summed E-state index contributed by atoms with van der Waals surface area (Å²) >= 11 is 0. The molecule has 0 aromatic heterocycles. The van der Waals surface area contributed by atoms with Crippen molar-refractivity contribution in [3.05, 3.63) is 71.3 Å². The fourth-order valence-electron chi connectivity index (χ4n) is 2.72. The monoisotopic (exact) mass is 302 g/mol. The van der Waals surface area contributed by atoms with E-state index in [1.807, 2.05) is 6.07 Å². The molecule has 3 rings (SSSR count). The Morgan fingerprint density at radius 1 is 0.952 bits per heavy atom. The molecule has 2 aromatic carbocycles. The van der Waals surface area contributed by atoms with Crippen LogP contribution in [0.3, 0.4) is 0 Å². The average molecular weight is 302 g/mol. The van der Waals surface area contributed by atoms with Crippen molar-refractivity contribution in [2.75, 3.05) is 0 Å². The molecule has 21 heavy (non-hydrogen) atoms. The number of benzene rings is 2. The minimum absolute atomic E-state index is 0.543. The van der Waals surface area contributed by atoms with Gasteiger partial charge in [-0.15, -0.1) is 0 Å². The molecule has 0 amide bonds. The van der Waals surface area contributed by atoms with Crippen LogP contribution in [0.1, 0.15) is 34.3 Å². The Morgan fingerprint density at radius 3 is 2.14 bits per heavy atom. The molecule has 2 atom stereocenters. The number of rotatable bonds is 2. The first-order valence-electron chi connectivity index (χ1n) is 6.55. The molecule has 5 heteroatoms. The predicted octanol–water partition coefficient (Wildman–Crippen LogP) is 2.77. The van der Waals surface area contributed by atoms with Crippen LogP contribution < -0.4 is 0 Å². The number of ether oxygens (including phenoxy) is 1. The minimum atomic E-state index is -3.68. The molecule has 0 saturated carbocycles. The van der Waals surface area contributed by atoms with Crippen LogP contribution in [0.5, 0.6) is 0 Å². The van der Waals surface area contributed by atoms with E-state index in [9.17, 15) is 13.2 Å². The number of esters is 1. The molecule has 0 fully saturated rings. The van der Waals surface area contributed by atoms with Crippen molar-refractivity contribution in [1.29, 1.82) is 0 Å². The molecule has 4 nitrogen and oxygen atoms in total. The van der Waals surface area contributed by atoms with Gasteiger partial charge in [-0.2, -0.15) is 0 Å². The van der Waals surface area contributed by atoms with Gasteiger partial charge in [-0.05, 0) is 11.1 Å². The summed E-state index contributed by atoms with van der Waals surface area (Å²) in [5.41, 5.74) is 0.674. The Hall–Kier alpha value is -2.14. The zero-order chi connectivity index (χ0) is 15.0. The van der Waals surface area contributed by atoms with Crippen LogP contribution in [-0.2, 0) is 19.4 Å².